The molecular formula is C16H22N2O3. The summed E-state index contributed by atoms with van der Waals surface area (Å²) in [5, 5.41) is 11.8. The molecule has 1 saturated carbocycles. The van der Waals surface area contributed by atoms with E-state index < -0.39 is 11.4 Å². The highest BCUT2D eigenvalue weighted by atomic mass is 16.4. The van der Waals surface area contributed by atoms with Gasteiger partial charge in [-0.05, 0) is 51.0 Å². The Hall–Kier alpha value is -2.04. The Morgan fingerprint density at radius 1 is 1.19 bits per heavy atom. The van der Waals surface area contributed by atoms with Crippen molar-refractivity contribution in [2.45, 2.75) is 26.7 Å². The molecule has 21 heavy (non-hydrogen) atoms. The maximum Gasteiger partial charge on any atom is 0.311 e. The fourth-order valence-corrected chi connectivity index (χ4v) is 2.38. The monoisotopic (exact) mass is 290 g/mol. The van der Waals surface area contributed by atoms with Crippen LogP contribution in [0.25, 0.3) is 0 Å². The number of amides is 1. The highest BCUT2D eigenvalue weighted by molar-refractivity contribution is 5.95. The van der Waals surface area contributed by atoms with Crippen molar-refractivity contribution in [2.75, 3.05) is 24.5 Å². The third-order valence-electron chi connectivity index (χ3n) is 4.15. The lowest BCUT2D eigenvalue weighted by atomic mass is 10.1. The van der Waals surface area contributed by atoms with Crippen LogP contribution in [0.4, 0.5) is 5.69 Å². The number of benzene rings is 1. The fraction of sp³-hybridized carbons (Fsp3) is 0.500. The molecule has 5 nitrogen and oxygen atoms in total. The van der Waals surface area contributed by atoms with Gasteiger partial charge in [0.05, 0.1) is 5.41 Å². The van der Waals surface area contributed by atoms with Crippen LogP contribution in [0.5, 0.6) is 0 Å². The molecule has 1 aromatic carbocycles. The predicted molar refractivity (Wildman–Crippen MR) is 81.6 cm³/mol. The number of carbonyl (C=O) groups excluding carboxylic acids is 1. The Morgan fingerprint density at radius 2 is 1.76 bits per heavy atom. The van der Waals surface area contributed by atoms with Crippen LogP contribution in [0.3, 0.4) is 0 Å². The average molecular weight is 290 g/mol. The highest BCUT2D eigenvalue weighted by Crippen LogP contribution is 2.45. The quantitative estimate of drug-likeness (QED) is 0.807. The molecule has 5 heteroatoms. The summed E-state index contributed by atoms with van der Waals surface area (Å²) >= 11 is 0. The van der Waals surface area contributed by atoms with Crippen molar-refractivity contribution in [1.29, 1.82) is 0 Å². The largest absolute Gasteiger partial charge is 0.481 e. The number of hydrogen-bond donors (Lipinski definition) is 2. The second-order valence-corrected chi connectivity index (χ2v) is 5.49. The van der Waals surface area contributed by atoms with Crippen molar-refractivity contribution in [1.82, 2.24) is 5.32 Å². The second-order valence-electron chi connectivity index (χ2n) is 5.49. The molecule has 2 rings (SSSR count). The van der Waals surface area contributed by atoms with E-state index in [9.17, 15) is 9.59 Å². The molecule has 2 N–H and O–H groups in total. The van der Waals surface area contributed by atoms with Gasteiger partial charge < -0.3 is 15.3 Å². The Kier molecular flexibility index (Phi) is 4.50. The zero-order valence-corrected chi connectivity index (χ0v) is 12.6. The molecule has 1 aliphatic carbocycles. The minimum Gasteiger partial charge on any atom is -0.481 e. The van der Waals surface area contributed by atoms with Crippen molar-refractivity contribution >= 4 is 17.6 Å². The Labute approximate surface area is 125 Å². The van der Waals surface area contributed by atoms with E-state index in [1.54, 1.807) is 12.1 Å². The van der Waals surface area contributed by atoms with Gasteiger partial charge in [-0.2, -0.15) is 0 Å². The molecule has 0 bridgehead atoms. The minimum atomic E-state index is -0.820. The maximum absolute atomic E-state index is 12.0. The lowest BCUT2D eigenvalue weighted by molar-refractivity contribution is -0.143. The molecule has 0 atom stereocenters. The number of aliphatic carboxylic acids is 1. The molecule has 1 fully saturated rings. The first kappa shape index (κ1) is 15.4. The molecule has 0 spiro atoms. The molecular weight excluding hydrogens is 268 g/mol. The zero-order chi connectivity index (χ0) is 15.5. The summed E-state index contributed by atoms with van der Waals surface area (Å²) in [7, 11) is 0. The first-order valence-corrected chi connectivity index (χ1v) is 7.39. The molecule has 114 valence electrons. The van der Waals surface area contributed by atoms with Crippen LogP contribution < -0.4 is 10.2 Å². The molecule has 0 unspecified atom stereocenters. The van der Waals surface area contributed by atoms with Crippen LogP contribution in [-0.2, 0) is 4.79 Å². The zero-order valence-electron chi connectivity index (χ0n) is 12.6. The van der Waals surface area contributed by atoms with Gasteiger partial charge >= 0.3 is 5.97 Å². The van der Waals surface area contributed by atoms with E-state index in [-0.39, 0.29) is 12.5 Å². The van der Waals surface area contributed by atoms with Crippen LogP contribution in [-0.4, -0.2) is 36.6 Å². The summed E-state index contributed by atoms with van der Waals surface area (Å²) in [6.07, 6.45) is 1.28. The van der Waals surface area contributed by atoms with Crippen LogP contribution in [0.15, 0.2) is 24.3 Å². The van der Waals surface area contributed by atoms with Gasteiger partial charge in [-0.25, -0.2) is 0 Å². The summed E-state index contributed by atoms with van der Waals surface area (Å²) in [6, 6.07) is 7.41. The molecule has 0 radical (unpaired) electrons. The summed E-state index contributed by atoms with van der Waals surface area (Å²) in [4.78, 5) is 25.3. The first-order chi connectivity index (χ1) is 10.0. The highest BCUT2D eigenvalue weighted by Gasteiger charge is 2.50. The van der Waals surface area contributed by atoms with Crippen LogP contribution in [0.2, 0.25) is 0 Å². The Bertz CT molecular complexity index is 517. The van der Waals surface area contributed by atoms with E-state index in [0.717, 1.165) is 18.8 Å². The van der Waals surface area contributed by atoms with E-state index in [2.05, 4.69) is 24.1 Å². The third kappa shape index (κ3) is 3.35. The lowest BCUT2D eigenvalue weighted by Gasteiger charge is -2.21. The van der Waals surface area contributed by atoms with E-state index in [1.807, 2.05) is 12.1 Å². The van der Waals surface area contributed by atoms with Gasteiger partial charge in [-0.15, -0.1) is 0 Å². The normalized spacial score (nSPS) is 15.3. The lowest BCUT2D eigenvalue weighted by Crippen LogP contribution is -2.34. The summed E-state index contributed by atoms with van der Waals surface area (Å²) < 4.78 is 0. The predicted octanol–water partition coefficient (Wildman–Crippen LogP) is 2.13. The SMILES string of the molecule is CCN(CC)c1ccc(C(=O)NCC2(C(=O)O)CC2)cc1. The van der Waals surface area contributed by atoms with Crippen molar-refractivity contribution in [3.63, 3.8) is 0 Å². The number of nitrogens with one attached hydrogen (secondary N) is 1. The van der Waals surface area contributed by atoms with E-state index in [0.29, 0.717) is 18.4 Å². The molecule has 0 aliphatic heterocycles. The van der Waals surface area contributed by atoms with Gasteiger partial charge in [-0.1, -0.05) is 0 Å². The molecule has 1 aromatic rings. The fourth-order valence-electron chi connectivity index (χ4n) is 2.38. The van der Waals surface area contributed by atoms with Crippen molar-refractivity contribution in [2.24, 2.45) is 5.41 Å². The van der Waals surface area contributed by atoms with Crippen LogP contribution in [0, 0.1) is 5.41 Å². The van der Waals surface area contributed by atoms with Crippen molar-refractivity contribution < 1.29 is 14.7 Å². The smallest absolute Gasteiger partial charge is 0.311 e. The average Bonchev–Trinajstić information content (AvgIpc) is 3.28. The van der Waals surface area contributed by atoms with Gasteiger partial charge in [-0.3, -0.25) is 9.59 Å². The molecule has 0 heterocycles. The number of carbonyl (C=O) groups is 2. The molecule has 0 aromatic heterocycles. The number of hydrogen-bond acceptors (Lipinski definition) is 3. The van der Waals surface area contributed by atoms with E-state index in [1.165, 1.54) is 0 Å². The third-order valence-corrected chi connectivity index (χ3v) is 4.15. The summed E-state index contributed by atoms with van der Waals surface area (Å²) in [5.41, 5.74) is 0.921. The standard InChI is InChI=1S/C16H22N2O3/c1-3-18(4-2)13-7-5-12(6-8-13)14(19)17-11-16(9-10-16)15(20)21/h5-8H,3-4,9-11H2,1-2H3,(H,17,19)(H,20,21). The Balaban J connectivity index is 1.95. The Morgan fingerprint density at radius 3 is 2.19 bits per heavy atom. The summed E-state index contributed by atoms with van der Waals surface area (Å²) in [5.74, 6) is -1.03. The number of nitrogens with zero attached hydrogens (tertiary/aromatic N) is 1. The van der Waals surface area contributed by atoms with Gasteiger partial charge in [0.15, 0.2) is 0 Å². The van der Waals surface area contributed by atoms with E-state index in [4.69, 9.17) is 5.11 Å². The topological polar surface area (TPSA) is 69.6 Å². The summed E-state index contributed by atoms with van der Waals surface area (Å²) in [6.45, 7) is 6.22. The van der Waals surface area contributed by atoms with Crippen LogP contribution >= 0.6 is 0 Å². The number of carboxylic acids is 1. The molecule has 1 amide bonds. The van der Waals surface area contributed by atoms with Crippen LogP contribution in [0.1, 0.15) is 37.0 Å². The second kappa shape index (κ2) is 6.16. The minimum absolute atomic E-state index is 0.207. The maximum atomic E-state index is 12.0. The van der Waals surface area contributed by atoms with Gasteiger partial charge in [0.1, 0.15) is 0 Å². The first-order valence-electron chi connectivity index (χ1n) is 7.39. The van der Waals surface area contributed by atoms with Gasteiger partial charge in [0.25, 0.3) is 5.91 Å². The van der Waals surface area contributed by atoms with Crippen molar-refractivity contribution in [3.8, 4) is 0 Å². The van der Waals surface area contributed by atoms with Crippen molar-refractivity contribution in [3.05, 3.63) is 29.8 Å². The molecule has 1 aliphatic rings. The van der Waals surface area contributed by atoms with Gasteiger partial charge in [0.2, 0.25) is 0 Å². The number of carboxylic acid groups (broad SMARTS) is 1. The van der Waals surface area contributed by atoms with Gasteiger partial charge in [0, 0.05) is 30.9 Å². The number of rotatable bonds is 7. The molecule has 0 saturated heterocycles. The van der Waals surface area contributed by atoms with E-state index >= 15 is 0 Å². The number of anilines is 1.